The third-order valence-corrected chi connectivity index (χ3v) is 6.82. The van der Waals surface area contributed by atoms with E-state index in [1.165, 1.54) is 7.11 Å². The minimum atomic E-state index is -1.04. The second-order valence-electron chi connectivity index (χ2n) is 10.6. The standard InChI is InChI=1S/C32H40O15/c1-18(8-10-23-30(39)29-24(17-45-32(29)40)19(2)31(23)41-5)9-11-28(38)47-26(36)7-6-14-42-25(35)12-13-27(37)46-22(15-43-20(3)33)16-44-21(4)34/h8,22,39H,6-7,9-17H2,1-5H3/b18-8+. The summed E-state index contributed by atoms with van der Waals surface area (Å²) in [5.41, 5.74) is 2.60. The number of allylic oxidation sites excluding steroid dienone is 2. The van der Waals surface area contributed by atoms with Gasteiger partial charge < -0.3 is 38.3 Å². The van der Waals surface area contributed by atoms with Crippen LogP contribution >= 0.6 is 0 Å². The van der Waals surface area contributed by atoms with Crippen molar-refractivity contribution < 1.29 is 71.8 Å². The highest BCUT2D eigenvalue weighted by Crippen LogP contribution is 2.42. The fraction of sp³-hybridized carbons (Fsp3) is 0.531. The Morgan fingerprint density at radius 2 is 1.45 bits per heavy atom. The molecule has 1 aliphatic heterocycles. The zero-order chi connectivity index (χ0) is 35.1. The van der Waals surface area contributed by atoms with E-state index in [4.69, 9.17) is 33.2 Å². The van der Waals surface area contributed by atoms with Crippen LogP contribution in [0.2, 0.25) is 0 Å². The number of phenols is 1. The van der Waals surface area contributed by atoms with Gasteiger partial charge in [-0.1, -0.05) is 11.6 Å². The van der Waals surface area contributed by atoms with Crippen LogP contribution in [-0.2, 0) is 70.2 Å². The number of rotatable bonds is 18. The van der Waals surface area contributed by atoms with Crippen molar-refractivity contribution in [3.8, 4) is 11.5 Å². The lowest BCUT2D eigenvalue weighted by atomic mass is 9.94. The van der Waals surface area contributed by atoms with Crippen molar-refractivity contribution in [1.29, 1.82) is 0 Å². The maximum atomic E-state index is 12.2. The number of carbonyl (C=O) groups is 7. The molecule has 0 fully saturated rings. The molecular formula is C32H40O15. The lowest BCUT2D eigenvalue weighted by Gasteiger charge is -2.17. The minimum Gasteiger partial charge on any atom is -0.507 e. The Kier molecular flexibility index (Phi) is 15.4. The monoisotopic (exact) mass is 664 g/mol. The highest BCUT2D eigenvalue weighted by molar-refractivity contribution is 5.98. The van der Waals surface area contributed by atoms with Gasteiger partial charge in [-0.2, -0.15) is 0 Å². The molecule has 0 aliphatic carbocycles. The van der Waals surface area contributed by atoms with Crippen molar-refractivity contribution in [2.45, 2.75) is 85.4 Å². The predicted molar refractivity (Wildman–Crippen MR) is 159 cm³/mol. The molecule has 1 aliphatic rings. The highest BCUT2D eigenvalue weighted by atomic mass is 16.6. The summed E-state index contributed by atoms with van der Waals surface area (Å²) in [6.07, 6.45) is 0.358. The number of hydrogen-bond acceptors (Lipinski definition) is 15. The third kappa shape index (κ3) is 12.8. The van der Waals surface area contributed by atoms with E-state index >= 15 is 0 Å². The van der Waals surface area contributed by atoms with E-state index in [1.807, 2.05) is 0 Å². The molecule has 1 aromatic carbocycles. The number of hydrogen-bond donors (Lipinski definition) is 1. The van der Waals surface area contributed by atoms with Crippen molar-refractivity contribution in [2.24, 2.45) is 0 Å². The van der Waals surface area contributed by atoms with Crippen molar-refractivity contribution in [1.82, 2.24) is 0 Å². The van der Waals surface area contributed by atoms with Gasteiger partial charge in [-0.05, 0) is 38.7 Å². The number of phenolic OH excluding ortho intramolecular Hbond substituents is 1. The molecule has 1 heterocycles. The lowest BCUT2D eigenvalue weighted by Crippen LogP contribution is -2.30. The summed E-state index contributed by atoms with van der Waals surface area (Å²) < 4.78 is 34.9. The molecule has 0 radical (unpaired) electrons. The minimum absolute atomic E-state index is 0.0633. The van der Waals surface area contributed by atoms with Crippen LogP contribution in [0.1, 0.15) is 86.3 Å². The summed E-state index contributed by atoms with van der Waals surface area (Å²) in [6.45, 7) is 5.11. The van der Waals surface area contributed by atoms with Crippen LogP contribution in [-0.4, -0.2) is 79.9 Å². The van der Waals surface area contributed by atoms with E-state index < -0.39 is 47.9 Å². The van der Waals surface area contributed by atoms with Gasteiger partial charge in [-0.25, -0.2) is 4.79 Å². The first kappa shape index (κ1) is 38.2. The smallest absolute Gasteiger partial charge is 0.342 e. The Morgan fingerprint density at radius 3 is 2.06 bits per heavy atom. The summed E-state index contributed by atoms with van der Waals surface area (Å²) in [5, 5.41) is 10.7. The molecule has 258 valence electrons. The maximum Gasteiger partial charge on any atom is 0.342 e. The van der Waals surface area contributed by atoms with Gasteiger partial charge in [0.15, 0.2) is 6.10 Å². The number of carbonyl (C=O) groups excluding carboxylic acids is 7. The number of fused-ring (bicyclic) bond motifs is 1. The van der Waals surface area contributed by atoms with Gasteiger partial charge in [-0.3, -0.25) is 28.8 Å². The van der Waals surface area contributed by atoms with Gasteiger partial charge in [0, 0.05) is 37.8 Å². The fourth-order valence-corrected chi connectivity index (χ4v) is 4.40. The number of methoxy groups -OCH3 is 1. The molecule has 2 rings (SSSR count). The van der Waals surface area contributed by atoms with Gasteiger partial charge in [0.05, 0.1) is 26.6 Å². The number of benzene rings is 1. The van der Waals surface area contributed by atoms with Gasteiger partial charge in [0.1, 0.15) is 36.9 Å². The summed E-state index contributed by atoms with van der Waals surface area (Å²) >= 11 is 0. The summed E-state index contributed by atoms with van der Waals surface area (Å²) in [6, 6.07) is 0. The average Bonchev–Trinajstić information content (AvgIpc) is 3.41. The molecule has 0 spiro atoms. The third-order valence-electron chi connectivity index (χ3n) is 6.82. The number of aromatic hydroxyl groups is 1. The molecular weight excluding hydrogens is 624 g/mol. The molecule has 0 bridgehead atoms. The highest BCUT2D eigenvalue weighted by Gasteiger charge is 2.32. The Labute approximate surface area is 271 Å². The molecule has 0 amide bonds. The van der Waals surface area contributed by atoms with Crippen LogP contribution < -0.4 is 4.74 Å². The molecule has 0 unspecified atom stereocenters. The van der Waals surface area contributed by atoms with E-state index in [0.29, 0.717) is 22.4 Å². The molecule has 47 heavy (non-hydrogen) atoms. The van der Waals surface area contributed by atoms with Crippen LogP contribution in [0.3, 0.4) is 0 Å². The first-order chi connectivity index (χ1) is 22.2. The lowest BCUT2D eigenvalue weighted by molar-refractivity contribution is -0.166. The second kappa shape index (κ2) is 18.9. The predicted octanol–water partition coefficient (Wildman–Crippen LogP) is 2.86. The number of esters is 7. The van der Waals surface area contributed by atoms with E-state index in [1.54, 1.807) is 19.9 Å². The SMILES string of the molecule is COc1c(C)c2c(c(O)c1C/C=C(\C)CCC(=O)OC(=O)CCCOC(=O)CCC(=O)OC(COC(C)=O)COC(C)=O)C(=O)OC2. The quantitative estimate of drug-likeness (QED) is 0.0788. The van der Waals surface area contributed by atoms with Crippen molar-refractivity contribution in [3.63, 3.8) is 0 Å². The Bertz CT molecular complexity index is 1370. The molecule has 15 heteroatoms. The van der Waals surface area contributed by atoms with Crippen molar-refractivity contribution in [3.05, 3.63) is 33.9 Å². The van der Waals surface area contributed by atoms with Crippen molar-refractivity contribution in [2.75, 3.05) is 26.9 Å². The van der Waals surface area contributed by atoms with Gasteiger partial charge in [0.2, 0.25) is 0 Å². The number of cyclic esters (lactones) is 1. The van der Waals surface area contributed by atoms with Gasteiger partial charge in [-0.15, -0.1) is 0 Å². The summed E-state index contributed by atoms with van der Waals surface area (Å²) in [5.74, 6) is -4.66. The van der Waals surface area contributed by atoms with E-state index in [9.17, 15) is 38.7 Å². The van der Waals surface area contributed by atoms with E-state index in [2.05, 4.69) is 0 Å². The summed E-state index contributed by atoms with van der Waals surface area (Å²) in [7, 11) is 1.46. The van der Waals surface area contributed by atoms with Crippen LogP contribution in [0.25, 0.3) is 0 Å². The van der Waals surface area contributed by atoms with Gasteiger partial charge >= 0.3 is 41.8 Å². The maximum absolute atomic E-state index is 12.2. The average molecular weight is 665 g/mol. The summed E-state index contributed by atoms with van der Waals surface area (Å²) in [4.78, 5) is 82.2. The molecule has 15 nitrogen and oxygen atoms in total. The van der Waals surface area contributed by atoms with Crippen LogP contribution in [0.4, 0.5) is 0 Å². The molecule has 1 N–H and O–H groups in total. The van der Waals surface area contributed by atoms with Crippen LogP contribution in [0.5, 0.6) is 11.5 Å². The Balaban J connectivity index is 1.68. The molecule has 0 aromatic heterocycles. The first-order valence-corrected chi connectivity index (χ1v) is 14.8. The Hall–Kier alpha value is -4.95. The fourth-order valence-electron chi connectivity index (χ4n) is 4.40. The van der Waals surface area contributed by atoms with Gasteiger partial charge in [0.25, 0.3) is 0 Å². The van der Waals surface area contributed by atoms with Crippen LogP contribution in [0, 0.1) is 6.92 Å². The Morgan fingerprint density at radius 1 is 0.851 bits per heavy atom. The normalized spacial score (nSPS) is 12.1. The van der Waals surface area contributed by atoms with Crippen molar-refractivity contribution >= 4 is 41.8 Å². The van der Waals surface area contributed by atoms with E-state index in [-0.39, 0.29) is 82.7 Å². The molecule has 0 saturated carbocycles. The van der Waals surface area contributed by atoms with E-state index in [0.717, 1.165) is 19.4 Å². The largest absolute Gasteiger partial charge is 0.507 e. The number of ether oxygens (including phenoxy) is 7. The molecule has 0 saturated heterocycles. The molecule has 0 atom stereocenters. The first-order valence-electron chi connectivity index (χ1n) is 14.8. The molecule has 1 aromatic rings. The van der Waals surface area contributed by atoms with Crippen LogP contribution in [0.15, 0.2) is 11.6 Å². The topological polar surface area (TPSA) is 204 Å². The second-order valence-corrected chi connectivity index (χ2v) is 10.6. The zero-order valence-electron chi connectivity index (χ0n) is 27.1. The zero-order valence-corrected chi connectivity index (χ0v) is 27.1.